The highest BCUT2D eigenvalue weighted by atomic mass is 15.3. The van der Waals surface area contributed by atoms with Crippen LogP contribution in [-0.2, 0) is 13.1 Å². The summed E-state index contributed by atoms with van der Waals surface area (Å²) in [4.78, 5) is 0. The summed E-state index contributed by atoms with van der Waals surface area (Å²) in [6, 6.07) is 2.51. The summed E-state index contributed by atoms with van der Waals surface area (Å²) >= 11 is 0. The summed E-state index contributed by atoms with van der Waals surface area (Å²) in [6.07, 6.45) is 6.14. The SMILES string of the molecule is CCCn1cc(NCc2ccnn2[C@H](C)CC)c(C)n1. The molecule has 110 valence electrons. The van der Waals surface area contributed by atoms with Gasteiger partial charge in [-0.2, -0.15) is 10.2 Å². The lowest BCUT2D eigenvalue weighted by Crippen LogP contribution is -2.12. The van der Waals surface area contributed by atoms with E-state index in [4.69, 9.17) is 0 Å². The van der Waals surface area contributed by atoms with Gasteiger partial charge in [-0.3, -0.25) is 9.36 Å². The largest absolute Gasteiger partial charge is 0.377 e. The summed E-state index contributed by atoms with van der Waals surface area (Å²) in [6.45, 7) is 10.3. The quantitative estimate of drug-likeness (QED) is 0.842. The monoisotopic (exact) mass is 275 g/mol. The molecule has 20 heavy (non-hydrogen) atoms. The van der Waals surface area contributed by atoms with Crippen molar-refractivity contribution in [2.75, 3.05) is 5.32 Å². The summed E-state index contributed by atoms with van der Waals surface area (Å²) in [5.41, 5.74) is 3.37. The molecule has 0 radical (unpaired) electrons. The highest BCUT2D eigenvalue weighted by Crippen LogP contribution is 2.16. The minimum absolute atomic E-state index is 0.436. The number of nitrogens with zero attached hydrogens (tertiary/aromatic N) is 4. The van der Waals surface area contributed by atoms with Gasteiger partial charge in [-0.1, -0.05) is 13.8 Å². The van der Waals surface area contributed by atoms with Gasteiger partial charge in [0.1, 0.15) is 0 Å². The fourth-order valence-electron chi connectivity index (χ4n) is 2.27. The third-order valence-corrected chi connectivity index (χ3v) is 3.62. The molecule has 2 aromatic heterocycles. The van der Waals surface area contributed by atoms with Crippen LogP contribution < -0.4 is 5.32 Å². The summed E-state index contributed by atoms with van der Waals surface area (Å²) in [5.74, 6) is 0. The van der Waals surface area contributed by atoms with Crippen molar-refractivity contribution in [3.8, 4) is 0 Å². The van der Waals surface area contributed by atoms with Crippen molar-refractivity contribution in [1.82, 2.24) is 19.6 Å². The number of aromatic nitrogens is 4. The molecule has 5 heteroatoms. The molecule has 0 spiro atoms. The van der Waals surface area contributed by atoms with Crippen molar-refractivity contribution in [2.45, 2.75) is 59.7 Å². The smallest absolute Gasteiger partial charge is 0.0825 e. The highest BCUT2D eigenvalue weighted by molar-refractivity contribution is 5.45. The molecule has 0 bridgehead atoms. The molecule has 5 nitrogen and oxygen atoms in total. The predicted molar refractivity (Wildman–Crippen MR) is 81.8 cm³/mol. The van der Waals surface area contributed by atoms with Crippen molar-refractivity contribution >= 4 is 5.69 Å². The second-order valence-electron chi connectivity index (χ2n) is 5.27. The van der Waals surface area contributed by atoms with Crippen LogP contribution in [0.25, 0.3) is 0 Å². The zero-order valence-electron chi connectivity index (χ0n) is 12.9. The molecule has 0 aliphatic rings. The maximum atomic E-state index is 4.51. The molecule has 1 N–H and O–H groups in total. The molecule has 1 atom stereocenters. The Morgan fingerprint density at radius 3 is 2.85 bits per heavy atom. The molecule has 0 amide bonds. The molecule has 0 aromatic carbocycles. The standard InChI is InChI=1S/C15H25N5/c1-5-9-19-11-15(13(4)18-19)16-10-14-7-8-17-20(14)12(3)6-2/h7-8,11-12,16H,5-6,9-10H2,1-4H3/t12-/m1/s1. The predicted octanol–water partition coefficient (Wildman–Crippen LogP) is 3.38. The van der Waals surface area contributed by atoms with Gasteiger partial charge in [0.05, 0.1) is 23.6 Å². The lowest BCUT2D eigenvalue weighted by Gasteiger charge is -2.14. The van der Waals surface area contributed by atoms with Gasteiger partial charge < -0.3 is 5.32 Å². The topological polar surface area (TPSA) is 47.7 Å². The van der Waals surface area contributed by atoms with Crippen LogP contribution in [0.15, 0.2) is 18.5 Å². The van der Waals surface area contributed by atoms with E-state index in [0.29, 0.717) is 6.04 Å². The van der Waals surface area contributed by atoms with Crippen LogP contribution in [0.4, 0.5) is 5.69 Å². The van der Waals surface area contributed by atoms with Gasteiger partial charge in [0.15, 0.2) is 0 Å². The van der Waals surface area contributed by atoms with E-state index in [9.17, 15) is 0 Å². The van der Waals surface area contributed by atoms with Crippen molar-refractivity contribution in [2.24, 2.45) is 0 Å². The van der Waals surface area contributed by atoms with Gasteiger partial charge in [-0.05, 0) is 32.8 Å². The van der Waals surface area contributed by atoms with Gasteiger partial charge in [0.2, 0.25) is 0 Å². The average Bonchev–Trinajstić information content (AvgIpc) is 3.03. The first-order valence-electron chi connectivity index (χ1n) is 7.46. The van der Waals surface area contributed by atoms with Gasteiger partial charge in [-0.15, -0.1) is 0 Å². The lowest BCUT2D eigenvalue weighted by molar-refractivity contribution is 0.462. The maximum Gasteiger partial charge on any atom is 0.0825 e. The molecule has 0 saturated heterocycles. The number of aryl methyl sites for hydroxylation is 2. The Morgan fingerprint density at radius 2 is 2.15 bits per heavy atom. The van der Waals surface area contributed by atoms with Crippen LogP contribution in [0.5, 0.6) is 0 Å². The molecule has 2 aromatic rings. The summed E-state index contributed by atoms with van der Waals surface area (Å²) in [7, 11) is 0. The Bertz CT molecular complexity index is 540. The van der Waals surface area contributed by atoms with Crippen molar-refractivity contribution in [3.63, 3.8) is 0 Å². The van der Waals surface area contributed by atoms with Gasteiger partial charge in [0.25, 0.3) is 0 Å². The summed E-state index contributed by atoms with van der Waals surface area (Å²) < 4.78 is 4.10. The van der Waals surface area contributed by atoms with Gasteiger partial charge in [0, 0.05) is 25.0 Å². The van der Waals surface area contributed by atoms with E-state index < -0.39 is 0 Å². The zero-order valence-corrected chi connectivity index (χ0v) is 12.9. The lowest BCUT2D eigenvalue weighted by atomic mass is 10.2. The van der Waals surface area contributed by atoms with Crippen LogP contribution >= 0.6 is 0 Å². The van der Waals surface area contributed by atoms with Crippen LogP contribution in [-0.4, -0.2) is 19.6 Å². The zero-order chi connectivity index (χ0) is 14.5. The van der Waals surface area contributed by atoms with E-state index in [1.165, 1.54) is 5.69 Å². The van der Waals surface area contributed by atoms with E-state index in [-0.39, 0.29) is 0 Å². The summed E-state index contributed by atoms with van der Waals surface area (Å²) in [5, 5.41) is 12.4. The fourth-order valence-corrected chi connectivity index (χ4v) is 2.27. The van der Waals surface area contributed by atoms with Crippen LogP contribution in [0.3, 0.4) is 0 Å². The molecule has 2 rings (SSSR count). The van der Waals surface area contributed by atoms with E-state index in [1.807, 2.05) is 17.8 Å². The average molecular weight is 275 g/mol. The second-order valence-corrected chi connectivity index (χ2v) is 5.27. The molecule has 0 saturated carbocycles. The molecular formula is C15H25N5. The van der Waals surface area contributed by atoms with Crippen molar-refractivity contribution in [1.29, 1.82) is 0 Å². The minimum Gasteiger partial charge on any atom is -0.377 e. The Morgan fingerprint density at radius 1 is 1.35 bits per heavy atom. The Balaban J connectivity index is 2.03. The molecule has 0 unspecified atom stereocenters. The Labute approximate surface area is 121 Å². The third-order valence-electron chi connectivity index (χ3n) is 3.62. The first-order valence-corrected chi connectivity index (χ1v) is 7.46. The van der Waals surface area contributed by atoms with E-state index in [1.54, 1.807) is 0 Å². The number of anilines is 1. The molecule has 0 aliphatic heterocycles. The molecule has 2 heterocycles. The fraction of sp³-hybridized carbons (Fsp3) is 0.600. The number of hydrogen-bond acceptors (Lipinski definition) is 3. The first-order chi connectivity index (χ1) is 9.65. The second kappa shape index (κ2) is 6.59. The van der Waals surface area contributed by atoms with Gasteiger partial charge in [-0.25, -0.2) is 0 Å². The molecular weight excluding hydrogens is 250 g/mol. The highest BCUT2D eigenvalue weighted by Gasteiger charge is 2.09. The van der Waals surface area contributed by atoms with E-state index >= 15 is 0 Å². The Hall–Kier alpha value is -1.78. The van der Waals surface area contributed by atoms with E-state index in [0.717, 1.165) is 37.3 Å². The normalized spacial score (nSPS) is 12.6. The van der Waals surface area contributed by atoms with Crippen molar-refractivity contribution < 1.29 is 0 Å². The minimum atomic E-state index is 0.436. The number of rotatable bonds is 7. The van der Waals surface area contributed by atoms with E-state index in [2.05, 4.69) is 53.2 Å². The van der Waals surface area contributed by atoms with Crippen LogP contribution in [0, 0.1) is 6.92 Å². The Kier molecular flexibility index (Phi) is 4.82. The van der Waals surface area contributed by atoms with Crippen LogP contribution in [0.1, 0.15) is 51.0 Å². The molecule has 0 aliphatic carbocycles. The van der Waals surface area contributed by atoms with Crippen molar-refractivity contribution in [3.05, 3.63) is 29.8 Å². The third kappa shape index (κ3) is 3.21. The first kappa shape index (κ1) is 14.6. The number of hydrogen-bond donors (Lipinski definition) is 1. The number of nitrogens with one attached hydrogen (secondary N) is 1. The maximum absolute atomic E-state index is 4.51. The molecule has 0 fully saturated rings. The van der Waals surface area contributed by atoms with Gasteiger partial charge >= 0.3 is 0 Å². The van der Waals surface area contributed by atoms with Crippen LogP contribution in [0.2, 0.25) is 0 Å².